The molecule has 1 rings (SSSR count). The van der Waals surface area contributed by atoms with Crippen LogP contribution in [-0.4, -0.2) is 24.9 Å². The predicted octanol–water partition coefficient (Wildman–Crippen LogP) is 4.02. The van der Waals surface area contributed by atoms with Gasteiger partial charge < -0.3 is 10.2 Å². The summed E-state index contributed by atoms with van der Waals surface area (Å²) in [7, 11) is 0. The molecule has 0 heterocycles. The van der Waals surface area contributed by atoms with Gasteiger partial charge in [0.25, 0.3) is 0 Å². The molecule has 1 N–H and O–H groups in total. The Morgan fingerprint density at radius 2 is 1.83 bits per heavy atom. The average Bonchev–Trinajstić information content (AvgIpc) is 2.47. The molecule has 0 aliphatic carbocycles. The molecule has 4 nitrogen and oxygen atoms in total. The Labute approximate surface area is 146 Å². The highest BCUT2D eigenvalue weighted by Gasteiger charge is 2.20. The summed E-state index contributed by atoms with van der Waals surface area (Å²) < 4.78 is 0. The lowest BCUT2D eigenvalue weighted by Crippen LogP contribution is -2.35. The molecule has 1 aromatic rings. The molecule has 2 amide bonds. The predicted molar refractivity (Wildman–Crippen MR) is 100 cm³/mol. The van der Waals surface area contributed by atoms with Crippen molar-refractivity contribution in [3.8, 4) is 0 Å². The van der Waals surface area contributed by atoms with Crippen LogP contribution in [-0.2, 0) is 9.59 Å². The standard InChI is InChI=1S/C20H32N2O2/c1-14(2)10-12-21-19(24)11-13-22(17(6)23)20-16(5)8-7-9-18(20)15(3)4/h7-9,14-15H,10-13H2,1-6H3,(H,21,24). The van der Waals surface area contributed by atoms with Gasteiger partial charge in [0.1, 0.15) is 0 Å². The minimum absolute atomic E-state index is 0.00146. The third-order valence-corrected chi connectivity index (χ3v) is 4.15. The number of benzene rings is 1. The molecular formula is C20H32N2O2. The fraction of sp³-hybridized carbons (Fsp3) is 0.600. The number of carbonyl (C=O) groups excluding carboxylic acids is 2. The van der Waals surface area contributed by atoms with Gasteiger partial charge in [0, 0.05) is 32.1 Å². The van der Waals surface area contributed by atoms with E-state index in [-0.39, 0.29) is 11.8 Å². The van der Waals surface area contributed by atoms with Crippen molar-refractivity contribution < 1.29 is 9.59 Å². The monoisotopic (exact) mass is 332 g/mol. The minimum Gasteiger partial charge on any atom is -0.356 e. The highest BCUT2D eigenvalue weighted by Crippen LogP contribution is 2.31. The number of nitrogens with one attached hydrogen (secondary N) is 1. The van der Waals surface area contributed by atoms with Gasteiger partial charge in [-0.1, -0.05) is 45.9 Å². The van der Waals surface area contributed by atoms with Crippen molar-refractivity contribution in [1.82, 2.24) is 5.32 Å². The van der Waals surface area contributed by atoms with Crippen molar-refractivity contribution in [2.24, 2.45) is 5.92 Å². The van der Waals surface area contributed by atoms with Crippen LogP contribution in [0.5, 0.6) is 0 Å². The molecule has 0 bridgehead atoms. The van der Waals surface area contributed by atoms with Crippen LogP contribution < -0.4 is 10.2 Å². The Morgan fingerprint density at radius 1 is 1.17 bits per heavy atom. The van der Waals surface area contributed by atoms with E-state index in [1.165, 1.54) is 0 Å². The van der Waals surface area contributed by atoms with E-state index in [9.17, 15) is 9.59 Å². The van der Waals surface area contributed by atoms with Crippen LogP contribution in [0.25, 0.3) is 0 Å². The molecule has 0 unspecified atom stereocenters. The number of nitrogens with zero attached hydrogens (tertiary/aromatic N) is 1. The molecule has 0 aliphatic rings. The molecule has 1 aromatic carbocycles. The summed E-state index contributed by atoms with van der Waals surface area (Å²) in [5, 5.41) is 2.93. The molecular weight excluding hydrogens is 300 g/mol. The van der Waals surface area contributed by atoms with Crippen molar-refractivity contribution in [2.75, 3.05) is 18.0 Å². The molecule has 0 aliphatic heterocycles. The molecule has 0 radical (unpaired) electrons. The van der Waals surface area contributed by atoms with E-state index >= 15 is 0 Å². The van der Waals surface area contributed by atoms with Crippen LogP contribution in [0.1, 0.15) is 64.5 Å². The highest BCUT2D eigenvalue weighted by atomic mass is 16.2. The number of carbonyl (C=O) groups is 2. The highest BCUT2D eigenvalue weighted by molar-refractivity contribution is 5.94. The second-order valence-corrected chi connectivity index (χ2v) is 7.12. The first kappa shape index (κ1) is 20.2. The van der Waals surface area contributed by atoms with Crippen LogP contribution in [0.2, 0.25) is 0 Å². The van der Waals surface area contributed by atoms with E-state index in [4.69, 9.17) is 0 Å². The first-order valence-electron chi connectivity index (χ1n) is 8.88. The number of aryl methyl sites for hydroxylation is 1. The van der Waals surface area contributed by atoms with Gasteiger partial charge in [-0.15, -0.1) is 0 Å². The maximum absolute atomic E-state index is 12.2. The summed E-state index contributed by atoms with van der Waals surface area (Å²) in [6.07, 6.45) is 1.29. The van der Waals surface area contributed by atoms with E-state index in [0.29, 0.717) is 31.3 Å². The second-order valence-electron chi connectivity index (χ2n) is 7.12. The summed E-state index contributed by atoms with van der Waals surface area (Å²) in [6.45, 7) is 13.2. The lowest BCUT2D eigenvalue weighted by molar-refractivity contribution is -0.121. The van der Waals surface area contributed by atoms with Crippen molar-refractivity contribution in [1.29, 1.82) is 0 Å². The summed E-state index contributed by atoms with van der Waals surface area (Å²) in [5.74, 6) is 0.865. The number of amides is 2. The molecule has 0 fully saturated rings. The van der Waals surface area contributed by atoms with Crippen molar-refractivity contribution in [3.05, 3.63) is 29.3 Å². The second kappa shape index (κ2) is 9.45. The smallest absolute Gasteiger partial charge is 0.223 e. The Bertz CT molecular complexity index is 565. The molecule has 0 saturated carbocycles. The molecule has 0 saturated heterocycles. The molecule has 24 heavy (non-hydrogen) atoms. The lowest BCUT2D eigenvalue weighted by atomic mass is 9.97. The van der Waals surface area contributed by atoms with Gasteiger partial charge in [-0.25, -0.2) is 0 Å². The number of hydrogen-bond acceptors (Lipinski definition) is 2. The Hall–Kier alpha value is -1.84. The fourth-order valence-corrected chi connectivity index (χ4v) is 2.74. The largest absolute Gasteiger partial charge is 0.356 e. The third kappa shape index (κ3) is 5.99. The first-order valence-corrected chi connectivity index (χ1v) is 8.88. The maximum Gasteiger partial charge on any atom is 0.223 e. The van der Waals surface area contributed by atoms with Gasteiger partial charge in [-0.2, -0.15) is 0 Å². The summed E-state index contributed by atoms with van der Waals surface area (Å²) >= 11 is 0. The number of hydrogen-bond donors (Lipinski definition) is 1. The Balaban J connectivity index is 2.83. The fourth-order valence-electron chi connectivity index (χ4n) is 2.74. The third-order valence-electron chi connectivity index (χ3n) is 4.15. The van der Waals surface area contributed by atoms with Gasteiger partial charge in [-0.3, -0.25) is 9.59 Å². The number of anilines is 1. The topological polar surface area (TPSA) is 49.4 Å². The van der Waals surface area contributed by atoms with Crippen molar-refractivity contribution in [3.63, 3.8) is 0 Å². The van der Waals surface area contributed by atoms with E-state index in [1.807, 2.05) is 19.1 Å². The normalized spacial score (nSPS) is 11.0. The van der Waals surface area contributed by atoms with Gasteiger partial charge in [0.15, 0.2) is 0 Å². The SMILES string of the molecule is CC(=O)N(CCC(=O)NCCC(C)C)c1c(C)cccc1C(C)C. The lowest BCUT2D eigenvalue weighted by Gasteiger charge is -2.27. The van der Waals surface area contributed by atoms with E-state index < -0.39 is 0 Å². The van der Waals surface area contributed by atoms with Crippen LogP contribution in [0, 0.1) is 12.8 Å². The summed E-state index contributed by atoms with van der Waals surface area (Å²) in [6, 6.07) is 6.09. The Kier molecular flexibility index (Phi) is 7.96. The van der Waals surface area contributed by atoms with Crippen molar-refractivity contribution >= 4 is 17.5 Å². The van der Waals surface area contributed by atoms with Gasteiger partial charge >= 0.3 is 0 Å². The van der Waals surface area contributed by atoms with E-state index in [0.717, 1.165) is 23.2 Å². The molecule has 0 atom stereocenters. The van der Waals surface area contributed by atoms with E-state index in [2.05, 4.69) is 39.1 Å². The minimum atomic E-state index is -0.0267. The summed E-state index contributed by atoms with van der Waals surface area (Å²) in [5.41, 5.74) is 3.16. The number of rotatable bonds is 8. The summed E-state index contributed by atoms with van der Waals surface area (Å²) in [4.78, 5) is 26.0. The average molecular weight is 332 g/mol. The molecule has 0 aromatic heterocycles. The molecule has 4 heteroatoms. The van der Waals surface area contributed by atoms with Crippen LogP contribution in [0.4, 0.5) is 5.69 Å². The quantitative estimate of drug-likeness (QED) is 0.781. The Morgan fingerprint density at radius 3 is 2.38 bits per heavy atom. The number of para-hydroxylation sites is 1. The molecule has 0 spiro atoms. The van der Waals surface area contributed by atoms with Crippen LogP contribution in [0.3, 0.4) is 0 Å². The zero-order valence-electron chi connectivity index (χ0n) is 16.0. The maximum atomic E-state index is 12.2. The van der Waals surface area contributed by atoms with Crippen LogP contribution >= 0.6 is 0 Å². The first-order chi connectivity index (χ1) is 11.2. The van der Waals surface area contributed by atoms with Crippen molar-refractivity contribution in [2.45, 2.75) is 60.3 Å². The van der Waals surface area contributed by atoms with E-state index in [1.54, 1.807) is 11.8 Å². The van der Waals surface area contributed by atoms with Gasteiger partial charge in [0.05, 0.1) is 0 Å². The molecule has 134 valence electrons. The van der Waals surface area contributed by atoms with Gasteiger partial charge in [0.2, 0.25) is 11.8 Å². The zero-order chi connectivity index (χ0) is 18.3. The zero-order valence-corrected chi connectivity index (χ0v) is 16.0. The van der Waals surface area contributed by atoms with Gasteiger partial charge in [-0.05, 0) is 36.3 Å². The van der Waals surface area contributed by atoms with Crippen LogP contribution in [0.15, 0.2) is 18.2 Å².